The number of nitrogens with one attached hydrogen (secondary N) is 4. The molecule has 0 atom stereocenters. The Bertz CT molecular complexity index is 1190. The van der Waals surface area contributed by atoms with Gasteiger partial charge in [0.2, 0.25) is 0 Å². The maximum absolute atomic E-state index is 12.0. The molecule has 0 aliphatic heterocycles. The van der Waals surface area contributed by atoms with E-state index < -0.39 is 23.6 Å². The Balaban J connectivity index is 1.39. The van der Waals surface area contributed by atoms with Crippen LogP contribution in [0, 0.1) is 6.92 Å². The Morgan fingerprint density at radius 3 is 2.26 bits per heavy atom. The van der Waals surface area contributed by atoms with Crippen LogP contribution in [-0.4, -0.2) is 34.8 Å². The molecule has 0 bridgehead atoms. The van der Waals surface area contributed by atoms with Crippen LogP contribution in [0.2, 0.25) is 0 Å². The van der Waals surface area contributed by atoms with E-state index in [0.717, 1.165) is 11.1 Å². The first-order valence-electron chi connectivity index (χ1n) is 10.2. The molecular weight excluding hydrogens is 440 g/mol. The number of furan rings is 1. The number of benzene rings is 1. The van der Waals surface area contributed by atoms with Crippen LogP contribution in [0.3, 0.4) is 0 Å². The number of amides is 4. The fourth-order valence-electron chi connectivity index (χ4n) is 2.60. The molecule has 0 saturated carbocycles. The maximum atomic E-state index is 12.0. The summed E-state index contributed by atoms with van der Waals surface area (Å²) in [7, 11) is 0. The van der Waals surface area contributed by atoms with E-state index in [-0.39, 0.29) is 18.8 Å². The molecule has 3 aromatic rings. The average Bonchev–Trinajstić information content (AvgIpc) is 3.30. The van der Waals surface area contributed by atoms with Crippen molar-refractivity contribution in [3.05, 3.63) is 83.6 Å². The molecule has 4 N–H and O–H groups in total. The average molecular weight is 462 g/mol. The Kier molecular flexibility index (Phi) is 8.22. The summed E-state index contributed by atoms with van der Waals surface area (Å²) in [6, 6.07) is 13.6. The highest BCUT2D eigenvalue weighted by Gasteiger charge is 2.14. The number of aromatic nitrogens is 1. The lowest BCUT2D eigenvalue weighted by Crippen LogP contribution is -2.37. The highest BCUT2D eigenvalue weighted by molar-refractivity contribution is 6.39. The van der Waals surface area contributed by atoms with Gasteiger partial charge in [0.15, 0.2) is 0 Å². The smallest absolute Gasteiger partial charge is 0.329 e. The molecule has 11 nitrogen and oxygen atoms in total. The molecule has 11 heteroatoms. The van der Waals surface area contributed by atoms with Crippen LogP contribution < -0.4 is 21.4 Å². The molecule has 0 spiro atoms. The van der Waals surface area contributed by atoms with Gasteiger partial charge < -0.3 is 20.4 Å². The summed E-state index contributed by atoms with van der Waals surface area (Å²) in [5.74, 6) is -2.78. The lowest BCUT2D eigenvalue weighted by molar-refractivity contribution is -0.139. The largest absolute Gasteiger partial charge is 0.458 e. The van der Waals surface area contributed by atoms with Crippen molar-refractivity contribution in [3.63, 3.8) is 0 Å². The molecule has 0 unspecified atom stereocenters. The molecule has 0 radical (unpaired) electrons. The van der Waals surface area contributed by atoms with Gasteiger partial charge in [-0.2, -0.15) is 5.10 Å². The Labute approximate surface area is 194 Å². The predicted octanol–water partition coefficient (Wildman–Crippen LogP) is 1.00. The normalized spacial score (nSPS) is 10.5. The fraction of sp³-hybridized carbons (Fsp3) is 0.130. The van der Waals surface area contributed by atoms with Crippen LogP contribution in [0.1, 0.15) is 22.6 Å². The zero-order chi connectivity index (χ0) is 24.3. The summed E-state index contributed by atoms with van der Waals surface area (Å²) >= 11 is 0. The quantitative estimate of drug-likeness (QED) is 0.233. The number of pyridine rings is 1. The SMILES string of the molecule is Cc1ccc(NC(=O)C(=O)NCc2ccc(/C=N/NC(=O)C(=O)NCc3ccncc3)o2)cc1. The first kappa shape index (κ1) is 23.9. The maximum Gasteiger partial charge on any atom is 0.329 e. The summed E-state index contributed by atoms with van der Waals surface area (Å²) in [6.07, 6.45) is 4.35. The predicted molar refractivity (Wildman–Crippen MR) is 122 cm³/mol. The number of hydrogen-bond acceptors (Lipinski definition) is 7. The third-order valence-corrected chi connectivity index (χ3v) is 4.39. The molecule has 0 fully saturated rings. The van der Waals surface area contributed by atoms with Crippen molar-refractivity contribution < 1.29 is 23.6 Å². The van der Waals surface area contributed by atoms with E-state index in [1.807, 2.05) is 19.1 Å². The van der Waals surface area contributed by atoms with Crippen LogP contribution in [0.4, 0.5) is 5.69 Å². The standard InChI is InChI=1S/C23H22N6O5/c1-15-2-4-17(5-3-15)28-22(32)20(30)26-13-18-6-7-19(34-18)14-27-29-23(33)21(31)25-12-16-8-10-24-11-9-16/h2-11,14H,12-13H2,1H3,(H,25,31)(H,26,30)(H,28,32)(H,29,33)/b27-14+. The van der Waals surface area contributed by atoms with Gasteiger partial charge in [0, 0.05) is 24.6 Å². The van der Waals surface area contributed by atoms with Crippen molar-refractivity contribution in [1.82, 2.24) is 21.0 Å². The number of carbonyl (C=O) groups is 4. The minimum Gasteiger partial charge on any atom is -0.458 e. The van der Waals surface area contributed by atoms with Gasteiger partial charge in [0.05, 0.1) is 12.8 Å². The van der Waals surface area contributed by atoms with Gasteiger partial charge in [0.25, 0.3) is 0 Å². The number of nitrogens with zero attached hydrogens (tertiary/aromatic N) is 2. The van der Waals surface area contributed by atoms with Crippen LogP contribution in [-0.2, 0) is 32.3 Å². The zero-order valence-electron chi connectivity index (χ0n) is 18.2. The minimum atomic E-state index is -0.941. The Morgan fingerprint density at radius 1 is 0.853 bits per heavy atom. The van der Waals surface area contributed by atoms with E-state index in [1.165, 1.54) is 6.21 Å². The second-order valence-corrected chi connectivity index (χ2v) is 7.04. The molecule has 0 saturated heterocycles. The van der Waals surface area contributed by atoms with Gasteiger partial charge in [-0.15, -0.1) is 0 Å². The summed E-state index contributed by atoms with van der Waals surface area (Å²) in [5.41, 5.74) is 4.43. The number of rotatable bonds is 7. The van der Waals surface area contributed by atoms with E-state index in [2.05, 4.69) is 31.5 Å². The van der Waals surface area contributed by atoms with Gasteiger partial charge in [-0.1, -0.05) is 17.7 Å². The third kappa shape index (κ3) is 7.41. The molecular formula is C23H22N6O5. The van der Waals surface area contributed by atoms with Crippen molar-refractivity contribution in [1.29, 1.82) is 0 Å². The number of hydrogen-bond donors (Lipinski definition) is 4. The van der Waals surface area contributed by atoms with Crippen LogP contribution in [0.5, 0.6) is 0 Å². The molecule has 2 heterocycles. The molecule has 2 aromatic heterocycles. The number of anilines is 1. The summed E-state index contributed by atoms with van der Waals surface area (Å²) in [4.78, 5) is 51.4. The van der Waals surface area contributed by atoms with Crippen molar-refractivity contribution in [2.24, 2.45) is 5.10 Å². The van der Waals surface area contributed by atoms with Crippen LogP contribution >= 0.6 is 0 Å². The van der Waals surface area contributed by atoms with Crippen molar-refractivity contribution in [2.45, 2.75) is 20.0 Å². The van der Waals surface area contributed by atoms with Gasteiger partial charge in [-0.25, -0.2) is 5.43 Å². The second-order valence-electron chi connectivity index (χ2n) is 7.04. The van der Waals surface area contributed by atoms with Crippen molar-refractivity contribution >= 4 is 35.5 Å². The zero-order valence-corrected chi connectivity index (χ0v) is 18.2. The number of carbonyl (C=O) groups excluding carboxylic acids is 4. The molecule has 1 aromatic carbocycles. The van der Waals surface area contributed by atoms with E-state index in [1.54, 1.807) is 48.8 Å². The second kappa shape index (κ2) is 11.7. The third-order valence-electron chi connectivity index (χ3n) is 4.39. The Morgan fingerprint density at radius 2 is 1.53 bits per heavy atom. The first-order chi connectivity index (χ1) is 16.4. The molecule has 34 heavy (non-hydrogen) atoms. The van der Waals surface area contributed by atoms with E-state index in [0.29, 0.717) is 11.4 Å². The van der Waals surface area contributed by atoms with Crippen LogP contribution in [0.25, 0.3) is 0 Å². The van der Waals surface area contributed by atoms with Crippen LogP contribution in [0.15, 0.2) is 70.4 Å². The molecule has 0 aliphatic rings. The van der Waals surface area contributed by atoms with Crippen molar-refractivity contribution in [3.8, 4) is 0 Å². The topological polar surface area (TPSA) is 155 Å². The van der Waals surface area contributed by atoms with Gasteiger partial charge in [-0.05, 0) is 48.9 Å². The van der Waals surface area contributed by atoms with Gasteiger partial charge in [0.1, 0.15) is 11.5 Å². The first-order valence-corrected chi connectivity index (χ1v) is 10.2. The molecule has 4 amide bonds. The lowest BCUT2D eigenvalue weighted by atomic mass is 10.2. The van der Waals surface area contributed by atoms with E-state index in [9.17, 15) is 19.2 Å². The molecule has 0 aliphatic carbocycles. The lowest BCUT2D eigenvalue weighted by Gasteiger charge is -2.05. The van der Waals surface area contributed by atoms with Gasteiger partial charge >= 0.3 is 23.6 Å². The highest BCUT2D eigenvalue weighted by Crippen LogP contribution is 2.09. The summed E-state index contributed by atoms with van der Waals surface area (Å²) in [5, 5.41) is 11.1. The van der Waals surface area contributed by atoms with Crippen molar-refractivity contribution in [2.75, 3.05) is 5.32 Å². The molecule has 3 rings (SSSR count). The Hall–Kier alpha value is -4.80. The molecule has 174 valence electrons. The van der Waals surface area contributed by atoms with E-state index in [4.69, 9.17) is 4.42 Å². The fourth-order valence-corrected chi connectivity index (χ4v) is 2.60. The minimum absolute atomic E-state index is 0.0300. The van der Waals surface area contributed by atoms with E-state index >= 15 is 0 Å². The monoisotopic (exact) mass is 462 g/mol. The number of aryl methyl sites for hydroxylation is 1. The summed E-state index contributed by atoms with van der Waals surface area (Å²) < 4.78 is 5.44. The highest BCUT2D eigenvalue weighted by atomic mass is 16.3. The number of hydrazone groups is 1. The summed E-state index contributed by atoms with van der Waals surface area (Å²) in [6.45, 7) is 2.06. The van der Waals surface area contributed by atoms with Gasteiger partial charge in [-0.3, -0.25) is 24.2 Å².